The van der Waals surface area contributed by atoms with Crippen molar-refractivity contribution in [2.45, 2.75) is 68.7 Å². The fraction of sp³-hybridized carbons (Fsp3) is 0.111. The van der Waals surface area contributed by atoms with E-state index in [2.05, 4.69) is 205 Å². The van der Waals surface area contributed by atoms with Crippen LogP contribution in [0.3, 0.4) is 0 Å². The second-order valence-corrected chi connectivity index (χ2v) is 26.1. The first-order valence-electron chi connectivity index (χ1n) is 36.1. The lowest BCUT2D eigenvalue weighted by atomic mass is 10.1. The molecule has 0 fully saturated rings. The molecule has 8 N–H and O–H groups in total. The topological polar surface area (TPSA) is 244 Å². The van der Waals surface area contributed by atoms with Gasteiger partial charge in [0.05, 0.1) is 5.69 Å². The minimum absolute atomic E-state index is 0.277. The van der Waals surface area contributed by atoms with E-state index in [0.717, 1.165) is 91.0 Å². The maximum atomic E-state index is 12.2. The Kier molecular flexibility index (Phi) is 27.8. The van der Waals surface area contributed by atoms with E-state index in [1.165, 1.54) is 64.0 Å². The number of nitrogens with one attached hydrogen (secondary N) is 8. The maximum Gasteiger partial charge on any atom is 0.573 e. The molecule has 0 amide bonds. The van der Waals surface area contributed by atoms with Crippen LogP contribution in [0.15, 0.2) is 304 Å². The van der Waals surface area contributed by atoms with Gasteiger partial charge in [0.25, 0.3) is 0 Å². The number of halogens is 3. The van der Waals surface area contributed by atoms with Crippen molar-refractivity contribution < 1.29 is 22.6 Å². The number of aromatic nitrogens is 10. The number of para-hydroxylation sites is 2. The van der Waals surface area contributed by atoms with Crippen molar-refractivity contribution in [3.63, 3.8) is 0 Å². The zero-order valence-electron chi connectivity index (χ0n) is 63.8. The molecule has 0 saturated heterocycles. The summed E-state index contributed by atoms with van der Waals surface area (Å²) in [6.07, 6.45) is 3.62. The van der Waals surface area contributed by atoms with Gasteiger partial charge in [-0.05, 0) is 218 Å². The molecule has 0 aliphatic carbocycles. The average Bonchev–Trinajstić information content (AvgIpc) is 0.839. The van der Waals surface area contributed by atoms with Crippen LogP contribution in [0.25, 0.3) is 11.3 Å². The number of nitrogens with zero attached hydrogens (tertiary/aromatic N) is 10. The quantitative estimate of drug-likeness (QED) is 0.0354. The second kappa shape index (κ2) is 39.5. The third-order valence-electron chi connectivity index (χ3n) is 16.5. The van der Waals surface area contributed by atoms with Gasteiger partial charge in [-0.25, -0.2) is 29.9 Å². The Morgan fingerprint density at radius 1 is 0.274 bits per heavy atom. The molecule has 0 unspecified atom stereocenters. The highest BCUT2D eigenvalue weighted by molar-refractivity contribution is 5.68. The number of hydrogen-bond donors (Lipinski definition) is 8. The lowest BCUT2D eigenvalue weighted by Gasteiger charge is -2.10. The van der Waals surface area contributed by atoms with Gasteiger partial charge in [0, 0.05) is 88.0 Å². The van der Waals surface area contributed by atoms with Crippen LogP contribution in [-0.4, -0.2) is 56.2 Å². The number of anilines is 16. The highest BCUT2D eigenvalue weighted by atomic mass is 19.4. The summed E-state index contributed by atoms with van der Waals surface area (Å²) in [6.45, 7) is 18.4. The van der Waals surface area contributed by atoms with Gasteiger partial charge in [-0.3, -0.25) is 0 Å². The largest absolute Gasteiger partial charge is 0.573 e. The van der Waals surface area contributed by atoms with Crippen molar-refractivity contribution in [1.29, 1.82) is 0 Å². The SMILES string of the molecule is Cc1ccc(Nc2ccnc(Nc3cccc(C)c3)n2)cc1.Cc1ccc(Nc2ccnc(Nc3cccc(C)c3)n2)cc1.Cc1ccc(Nc2ccnc(Nc3ccccc3C)n2)cc1.Cc1ccc(Oc2ccnc(Nc3ccccc3C)n2)cc1.Cc1cccc(-c2cc(Nc3ccc(OC(F)(F)F)cc3)ncn2)c1. The molecule has 5 heterocycles. The molecule has 5 aromatic heterocycles. The summed E-state index contributed by atoms with van der Waals surface area (Å²) in [5.41, 5.74) is 19.9. The Hall–Kier alpha value is -14.6. The molecule has 113 heavy (non-hydrogen) atoms. The highest BCUT2D eigenvalue weighted by Crippen LogP contribution is 2.30. The third kappa shape index (κ3) is 26.6. The van der Waals surface area contributed by atoms with Crippen LogP contribution in [0.4, 0.5) is 106 Å². The van der Waals surface area contributed by atoms with E-state index in [4.69, 9.17) is 4.74 Å². The first-order valence-corrected chi connectivity index (χ1v) is 36.1. The Morgan fingerprint density at radius 2 is 0.646 bits per heavy atom. The molecule has 0 aliphatic heterocycles. The number of ether oxygens (including phenoxy) is 2. The molecule has 0 spiro atoms. The summed E-state index contributed by atoms with van der Waals surface area (Å²) >= 11 is 0. The molecule has 15 aromatic rings. The highest BCUT2D eigenvalue weighted by Gasteiger charge is 2.31. The van der Waals surface area contributed by atoms with E-state index in [9.17, 15) is 13.2 Å². The van der Waals surface area contributed by atoms with Gasteiger partial charge >= 0.3 is 6.36 Å². The first-order chi connectivity index (χ1) is 54.7. The summed E-state index contributed by atoms with van der Waals surface area (Å²) in [5, 5.41) is 25.8. The zero-order valence-corrected chi connectivity index (χ0v) is 63.8. The third-order valence-corrected chi connectivity index (χ3v) is 16.5. The maximum absolute atomic E-state index is 12.2. The molecule has 0 atom stereocenters. The first kappa shape index (κ1) is 79.4. The molecule has 15 rings (SSSR count). The van der Waals surface area contributed by atoms with Crippen LogP contribution in [-0.2, 0) is 0 Å². The van der Waals surface area contributed by atoms with Crippen molar-refractivity contribution >= 4 is 92.6 Å². The van der Waals surface area contributed by atoms with Crippen LogP contribution in [0, 0.1) is 62.3 Å². The summed E-state index contributed by atoms with van der Waals surface area (Å²) in [4.78, 5) is 43.2. The molecule has 0 saturated carbocycles. The van der Waals surface area contributed by atoms with Gasteiger partial charge < -0.3 is 52.0 Å². The lowest BCUT2D eigenvalue weighted by Crippen LogP contribution is -2.16. The number of hydrogen-bond acceptors (Lipinski definition) is 20. The van der Waals surface area contributed by atoms with Gasteiger partial charge in [0.2, 0.25) is 29.7 Å². The van der Waals surface area contributed by atoms with Crippen LogP contribution in [0.5, 0.6) is 17.4 Å². The molecular formula is C90H85F3N18O2. The van der Waals surface area contributed by atoms with Gasteiger partial charge in [-0.2, -0.15) is 19.9 Å². The van der Waals surface area contributed by atoms with E-state index in [1.54, 1.807) is 36.9 Å². The van der Waals surface area contributed by atoms with Crippen LogP contribution >= 0.6 is 0 Å². The number of aryl methyl sites for hydroxylation is 9. The molecule has 0 aliphatic rings. The van der Waals surface area contributed by atoms with Crippen LogP contribution in [0.2, 0.25) is 0 Å². The molecule has 0 bridgehead atoms. The molecule has 23 heteroatoms. The number of rotatable bonds is 20. The van der Waals surface area contributed by atoms with Crippen molar-refractivity contribution in [2.75, 3.05) is 42.5 Å². The average molecular weight is 1510 g/mol. The monoisotopic (exact) mass is 1510 g/mol. The predicted molar refractivity (Wildman–Crippen MR) is 449 cm³/mol. The summed E-state index contributed by atoms with van der Waals surface area (Å²) in [7, 11) is 0. The fourth-order valence-corrected chi connectivity index (χ4v) is 10.7. The molecular weight excluding hydrogens is 1420 g/mol. The van der Waals surface area contributed by atoms with Gasteiger partial charge in [0.15, 0.2) is 0 Å². The predicted octanol–water partition coefficient (Wildman–Crippen LogP) is 23.5. The van der Waals surface area contributed by atoms with Crippen molar-refractivity contribution in [2.24, 2.45) is 0 Å². The fourth-order valence-electron chi connectivity index (χ4n) is 10.7. The van der Waals surface area contributed by atoms with E-state index >= 15 is 0 Å². The Balaban J connectivity index is 0.000000140. The van der Waals surface area contributed by atoms with E-state index < -0.39 is 6.36 Å². The van der Waals surface area contributed by atoms with E-state index in [0.29, 0.717) is 41.2 Å². The molecule has 20 nitrogen and oxygen atoms in total. The molecule has 568 valence electrons. The van der Waals surface area contributed by atoms with Gasteiger partial charge in [0.1, 0.15) is 41.1 Å². The van der Waals surface area contributed by atoms with E-state index in [1.807, 2.05) is 191 Å². The smallest absolute Gasteiger partial charge is 0.439 e. The Morgan fingerprint density at radius 3 is 1.07 bits per heavy atom. The van der Waals surface area contributed by atoms with E-state index in [-0.39, 0.29) is 5.75 Å². The molecule has 0 radical (unpaired) electrons. The van der Waals surface area contributed by atoms with Gasteiger partial charge in [-0.1, -0.05) is 155 Å². The number of alkyl halides is 3. The Bertz CT molecular complexity index is 5260. The number of benzene rings is 10. The summed E-state index contributed by atoms with van der Waals surface area (Å²) < 4.78 is 46.1. The van der Waals surface area contributed by atoms with Crippen molar-refractivity contribution in [3.8, 4) is 28.6 Å². The Labute approximate surface area is 655 Å². The van der Waals surface area contributed by atoms with Crippen molar-refractivity contribution in [1.82, 2.24) is 49.8 Å². The normalized spacial score (nSPS) is 10.5. The lowest BCUT2D eigenvalue weighted by molar-refractivity contribution is -0.274. The standard InChI is InChI=1S/C18H14F3N3O.3C18H18N4.C18H17N3O/c1-12-3-2-4-13(9-12)16-10-17(23-11-22-16)24-14-5-7-15(8-6-14)25-18(19,20)21;2*1-13-6-8-15(9-7-13)20-17-10-11-19-18(22-17)21-16-5-3-4-14(2)12-16;1-13-7-9-15(10-8-13)20-17-11-12-19-18(22-17)21-16-6-4-3-5-14(16)2;1-13-7-9-15(10-8-13)22-17-11-12-19-18(21-17)20-16-6-4-3-5-14(16)2/h2-11H,1H3,(H,22,23,24);3*3-12H,1-2H3,(H2,19,20,21,22);3-12H,1-2H3,(H,19,20,21). The molecule has 10 aromatic carbocycles. The van der Waals surface area contributed by atoms with Crippen LogP contribution < -0.4 is 52.0 Å². The minimum atomic E-state index is -4.70. The van der Waals surface area contributed by atoms with Crippen molar-refractivity contribution in [3.05, 3.63) is 354 Å². The second-order valence-electron chi connectivity index (χ2n) is 26.1. The zero-order chi connectivity index (χ0) is 79.3. The van der Waals surface area contributed by atoms with Gasteiger partial charge in [-0.15, -0.1) is 13.2 Å². The minimum Gasteiger partial charge on any atom is -0.439 e. The summed E-state index contributed by atoms with van der Waals surface area (Å²) in [6, 6.07) is 87.1. The summed E-state index contributed by atoms with van der Waals surface area (Å²) in [5.74, 6) is 6.03. The van der Waals surface area contributed by atoms with Crippen LogP contribution in [0.1, 0.15) is 50.1 Å².